The van der Waals surface area contributed by atoms with Crippen LogP contribution in [0.25, 0.3) is 10.9 Å². The molecule has 2 aliphatic rings. The molecule has 3 heterocycles. The lowest BCUT2D eigenvalue weighted by Crippen LogP contribution is -2.45. The first-order valence-electron chi connectivity index (χ1n) is 8.72. The number of H-pyrrole nitrogens is 1. The zero-order valence-corrected chi connectivity index (χ0v) is 14.8. The number of amides is 1. The smallest absolute Gasteiger partial charge is 0.254 e. The van der Waals surface area contributed by atoms with E-state index in [4.69, 9.17) is 4.74 Å². The normalized spacial score (nSPS) is 25.4. The largest absolute Gasteiger partial charge is 0.376 e. The predicted octanol–water partition coefficient (Wildman–Crippen LogP) is 1.98. The lowest BCUT2D eigenvalue weighted by atomic mass is 10.1. The Bertz CT molecular complexity index is 883. The van der Waals surface area contributed by atoms with Gasteiger partial charge >= 0.3 is 0 Å². The molecule has 0 radical (unpaired) electrons. The molecule has 2 saturated heterocycles. The zero-order valence-electron chi connectivity index (χ0n) is 14.0. The van der Waals surface area contributed by atoms with Gasteiger partial charge in [-0.15, -0.1) is 0 Å². The molecule has 1 aromatic carbocycles. The molecular weight excluding hydrogens is 340 g/mol. The van der Waals surface area contributed by atoms with Gasteiger partial charge in [0.15, 0.2) is 9.84 Å². The maximum absolute atomic E-state index is 13.2. The molecule has 2 aliphatic heterocycles. The number of ether oxygens (including phenoxy) is 1. The van der Waals surface area contributed by atoms with Crippen LogP contribution >= 0.6 is 0 Å². The van der Waals surface area contributed by atoms with E-state index in [1.807, 2.05) is 30.5 Å². The van der Waals surface area contributed by atoms with Crippen LogP contribution in [-0.2, 0) is 14.6 Å². The van der Waals surface area contributed by atoms with Gasteiger partial charge in [0, 0.05) is 36.5 Å². The Labute approximate surface area is 147 Å². The summed E-state index contributed by atoms with van der Waals surface area (Å²) in [6.45, 7) is 1.17. The van der Waals surface area contributed by atoms with Crippen molar-refractivity contribution in [3.05, 3.63) is 36.0 Å². The second kappa shape index (κ2) is 6.46. The Kier molecular flexibility index (Phi) is 4.29. The summed E-state index contributed by atoms with van der Waals surface area (Å²) >= 11 is 0. The second-order valence-electron chi connectivity index (χ2n) is 6.93. The Morgan fingerprint density at radius 2 is 2.16 bits per heavy atom. The third-order valence-electron chi connectivity index (χ3n) is 5.14. The number of carbonyl (C=O) groups excluding carboxylic acids is 1. The summed E-state index contributed by atoms with van der Waals surface area (Å²) in [6.07, 6.45) is 4.25. The molecule has 0 aliphatic carbocycles. The topological polar surface area (TPSA) is 79.5 Å². The van der Waals surface area contributed by atoms with Gasteiger partial charge in [-0.25, -0.2) is 8.42 Å². The first-order chi connectivity index (χ1) is 12.0. The SMILES string of the molecule is O=C(c1ccc2cc[nH]c2c1)N(C[C@@H]1CCCO1)[C@@H]1CCS(=O)(=O)C1. The number of aromatic amines is 1. The molecule has 0 unspecified atom stereocenters. The lowest BCUT2D eigenvalue weighted by molar-refractivity contribution is 0.0441. The quantitative estimate of drug-likeness (QED) is 0.902. The molecule has 4 rings (SSSR count). The number of hydrogen-bond donors (Lipinski definition) is 1. The summed E-state index contributed by atoms with van der Waals surface area (Å²) in [4.78, 5) is 18.0. The van der Waals surface area contributed by atoms with Crippen LogP contribution in [0.1, 0.15) is 29.6 Å². The van der Waals surface area contributed by atoms with Crippen molar-refractivity contribution >= 4 is 26.6 Å². The van der Waals surface area contributed by atoms with E-state index >= 15 is 0 Å². The van der Waals surface area contributed by atoms with Crippen molar-refractivity contribution in [1.29, 1.82) is 0 Å². The molecular formula is C18H22N2O4S. The van der Waals surface area contributed by atoms with Crippen LogP contribution < -0.4 is 0 Å². The average molecular weight is 362 g/mol. The highest BCUT2D eigenvalue weighted by molar-refractivity contribution is 7.91. The summed E-state index contributed by atoms with van der Waals surface area (Å²) < 4.78 is 29.5. The third-order valence-corrected chi connectivity index (χ3v) is 6.89. The molecule has 134 valence electrons. The minimum atomic E-state index is -3.06. The van der Waals surface area contributed by atoms with Crippen molar-refractivity contribution in [2.45, 2.75) is 31.4 Å². The molecule has 2 aromatic rings. The van der Waals surface area contributed by atoms with E-state index in [0.29, 0.717) is 25.1 Å². The Morgan fingerprint density at radius 1 is 1.28 bits per heavy atom. The molecule has 0 bridgehead atoms. The van der Waals surface area contributed by atoms with Gasteiger partial charge in [0.05, 0.1) is 17.6 Å². The predicted molar refractivity (Wildman–Crippen MR) is 95.4 cm³/mol. The molecule has 0 spiro atoms. The average Bonchev–Trinajstić information content (AvgIpc) is 3.31. The van der Waals surface area contributed by atoms with E-state index in [1.165, 1.54) is 0 Å². The molecule has 1 amide bonds. The van der Waals surface area contributed by atoms with Gasteiger partial charge in [-0.2, -0.15) is 0 Å². The van der Waals surface area contributed by atoms with Crippen molar-refractivity contribution in [2.24, 2.45) is 0 Å². The number of hydrogen-bond acceptors (Lipinski definition) is 4. The first kappa shape index (κ1) is 16.6. The number of carbonyl (C=O) groups is 1. The van der Waals surface area contributed by atoms with Gasteiger partial charge in [0.25, 0.3) is 5.91 Å². The van der Waals surface area contributed by atoms with E-state index in [-0.39, 0.29) is 29.6 Å². The van der Waals surface area contributed by atoms with Crippen LogP contribution in [0.3, 0.4) is 0 Å². The first-order valence-corrected chi connectivity index (χ1v) is 10.5. The molecule has 2 atom stereocenters. The molecule has 1 N–H and O–H groups in total. The maximum Gasteiger partial charge on any atom is 0.254 e. The van der Waals surface area contributed by atoms with Crippen LogP contribution in [0.2, 0.25) is 0 Å². The minimum Gasteiger partial charge on any atom is -0.376 e. The van der Waals surface area contributed by atoms with Crippen LogP contribution in [0.15, 0.2) is 30.5 Å². The maximum atomic E-state index is 13.2. The van der Waals surface area contributed by atoms with Crippen molar-refractivity contribution < 1.29 is 17.9 Å². The molecule has 2 fully saturated rings. The van der Waals surface area contributed by atoms with Gasteiger partial charge in [-0.1, -0.05) is 6.07 Å². The molecule has 1 aromatic heterocycles. The molecule has 7 heteroatoms. The fraction of sp³-hybridized carbons (Fsp3) is 0.500. The van der Waals surface area contributed by atoms with Crippen molar-refractivity contribution in [2.75, 3.05) is 24.7 Å². The molecule has 0 saturated carbocycles. The summed E-state index contributed by atoms with van der Waals surface area (Å²) in [5.74, 6) is 0.0906. The summed E-state index contributed by atoms with van der Waals surface area (Å²) in [6, 6.07) is 7.25. The van der Waals surface area contributed by atoms with Crippen LogP contribution in [0.4, 0.5) is 0 Å². The van der Waals surface area contributed by atoms with E-state index in [9.17, 15) is 13.2 Å². The van der Waals surface area contributed by atoms with Crippen LogP contribution in [-0.4, -0.2) is 61.0 Å². The van der Waals surface area contributed by atoms with Gasteiger partial charge in [-0.3, -0.25) is 4.79 Å². The van der Waals surface area contributed by atoms with Gasteiger partial charge in [0.1, 0.15) is 0 Å². The number of nitrogens with one attached hydrogen (secondary N) is 1. The van der Waals surface area contributed by atoms with E-state index in [1.54, 1.807) is 4.90 Å². The third kappa shape index (κ3) is 3.43. The number of sulfone groups is 1. The molecule has 6 nitrogen and oxygen atoms in total. The summed E-state index contributed by atoms with van der Waals surface area (Å²) in [5, 5.41) is 1.05. The van der Waals surface area contributed by atoms with Crippen molar-refractivity contribution in [1.82, 2.24) is 9.88 Å². The summed E-state index contributed by atoms with van der Waals surface area (Å²) in [5.41, 5.74) is 1.49. The fourth-order valence-corrected chi connectivity index (χ4v) is 5.50. The molecule has 25 heavy (non-hydrogen) atoms. The van der Waals surface area contributed by atoms with Gasteiger partial charge in [0.2, 0.25) is 0 Å². The number of fused-ring (bicyclic) bond motifs is 1. The number of nitrogens with zero attached hydrogens (tertiary/aromatic N) is 1. The Hall–Kier alpha value is -1.86. The van der Waals surface area contributed by atoms with Gasteiger partial charge in [-0.05, 0) is 42.8 Å². The van der Waals surface area contributed by atoms with Gasteiger partial charge < -0.3 is 14.6 Å². The van der Waals surface area contributed by atoms with Crippen molar-refractivity contribution in [3.8, 4) is 0 Å². The van der Waals surface area contributed by atoms with Crippen LogP contribution in [0, 0.1) is 0 Å². The highest BCUT2D eigenvalue weighted by atomic mass is 32.2. The number of rotatable bonds is 4. The van der Waals surface area contributed by atoms with Crippen molar-refractivity contribution in [3.63, 3.8) is 0 Å². The fourth-order valence-electron chi connectivity index (χ4n) is 3.77. The minimum absolute atomic E-state index is 0.00136. The highest BCUT2D eigenvalue weighted by Crippen LogP contribution is 2.24. The Balaban J connectivity index is 1.62. The zero-order chi connectivity index (χ0) is 17.4. The highest BCUT2D eigenvalue weighted by Gasteiger charge is 2.36. The number of benzene rings is 1. The van der Waals surface area contributed by atoms with E-state index in [2.05, 4.69) is 4.98 Å². The number of aromatic nitrogens is 1. The standard InChI is InChI=1S/C18H22N2O4S/c21-18(14-4-3-13-5-7-19-17(13)10-14)20(11-16-2-1-8-24-16)15-6-9-25(22,23)12-15/h3-5,7,10,15-16,19H,1-2,6,8-9,11-12H2/t15-,16+/m1/s1. The summed E-state index contributed by atoms with van der Waals surface area (Å²) in [7, 11) is -3.06. The second-order valence-corrected chi connectivity index (χ2v) is 9.16. The Morgan fingerprint density at radius 3 is 2.88 bits per heavy atom. The lowest BCUT2D eigenvalue weighted by Gasteiger charge is -2.30. The van der Waals surface area contributed by atoms with E-state index < -0.39 is 9.84 Å². The van der Waals surface area contributed by atoms with E-state index in [0.717, 1.165) is 23.7 Å². The van der Waals surface area contributed by atoms with Crippen LogP contribution in [0.5, 0.6) is 0 Å². The monoisotopic (exact) mass is 362 g/mol.